The van der Waals surface area contributed by atoms with Crippen LogP contribution < -0.4 is 5.32 Å². The third-order valence-corrected chi connectivity index (χ3v) is 3.23. The molecule has 84 valence electrons. The van der Waals surface area contributed by atoms with E-state index in [-0.39, 0.29) is 5.82 Å². The van der Waals surface area contributed by atoms with E-state index >= 15 is 0 Å². The zero-order valence-corrected chi connectivity index (χ0v) is 9.67. The Bertz CT molecular complexity index is 650. The molecule has 0 bridgehead atoms. The molecule has 0 aliphatic rings. The molecule has 1 aromatic heterocycles. The predicted octanol–water partition coefficient (Wildman–Crippen LogP) is 4.18. The van der Waals surface area contributed by atoms with Crippen LogP contribution in [-0.4, -0.2) is 4.98 Å². The molecular weight excluding hydrogens is 235 g/mol. The van der Waals surface area contributed by atoms with E-state index < -0.39 is 0 Å². The van der Waals surface area contributed by atoms with Gasteiger partial charge >= 0.3 is 0 Å². The highest BCUT2D eigenvalue weighted by Gasteiger charge is 2.05. The number of benzene rings is 2. The Kier molecular flexibility index (Phi) is 2.49. The van der Waals surface area contributed by atoms with Crippen LogP contribution in [0.5, 0.6) is 0 Å². The highest BCUT2D eigenvalue weighted by Crippen LogP contribution is 2.28. The van der Waals surface area contributed by atoms with Gasteiger partial charge in [-0.3, -0.25) is 0 Å². The van der Waals surface area contributed by atoms with Gasteiger partial charge in [0.25, 0.3) is 0 Å². The van der Waals surface area contributed by atoms with Crippen molar-refractivity contribution < 1.29 is 4.39 Å². The van der Waals surface area contributed by atoms with Crippen molar-refractivity contribution in [3.63, 3.8) is 0 Å². The lowest BCUT2D eigenvalue weighted by atomic mass is 10.1. The summed E-state index contributed by atoms with van der Waals surface area (Å²) >= 11 is 1.51. The van der Waals surface area contributed by atoms with E-state index in [1.54, 1.807) is 18.3 Å². The van der Waals surface area contributed by atoms with Crippen molar-refractivity contribution in [3.8, 4) is 0 Å². The average molecular weight is 244 g/mol. The van der Waals surface area contributed by atoms with Gasteiger partial charge in [0.15, 0.2) is 5.13 Å². The molecule has 0 atom stereocenters. The molecule has 0 spiro atoms. The second-order valence-electron chi connectivity index (χ2n) is 3.60. The number of hydrogen-bond acceptors (Lipinski definition) is 3. The van der Waals surface area contributed by atoms with Crippen molar-refractivity contribution in [2.75, 3.05) is 5.32 Å². The predicted molar refractivity (Wildman–Crippen MR) is 69.3 cm³/mol. The van der Waals surface area contributed by atoms with Crippen molar-refractivity contribution in [3.05, 3.63) is 53.8 Å². The molecule has 3 aromatic rings. The average Bonchev–Trinajstić information content (AvgIpc) is 2.86. The maximum absolute atomic E-state index is 13.6. The number of rotatable bonds is 2. The third-order valence-electron chi connectivity index (χ3n) is 2.54. The molecule has 0 radical (unpaired) electrons. The monoisotopic (exact) mass is 244 g/mol. The van der Waals surface area contributed by atoms with Gasteiger partial charge in [-0.25, -0.2) is 9.37 Å². The van der Waals surface area contributed by atoms with Crippen LogP contribution in [0.3, 0.4) is 0 Å². The molecule has 1 heterocycles. The van der Waals surface area contributed by atoms with Gasteiger partial charge in [-0.05, 0) is 12.1 Å². The number of thiazole rings is 1. The van der Waals surface area contributed by atoms with E-state index in [0.717, 1.165) is 16.2 Å². The summed E-state index contributed by atoms with van der Waals surface area (Å²) in [7, 11) is 0. The van der Waals surface area contributed by atoms with Crippen LogP contribution in [0.25, 0.3) is 10.8 Å². The zero-order chi connectivity index (χ0) is 11.7. The fourth-order valence-corrected chi connectivity index (χ4v) is 2.31. The molecule has 4 heteroatoms. The Hall–Kier alpha value is -1.94. The molecule has 2 nitrogen and oxygen atoms in total. The number of nitrogens with zero attached hydrogens (tertiary/aromatic N) is 1. The molecule has 2 aromatic carbocycles. The Balaban J connectivity index is 2.14. The van der Waals surface area contributed by atoms with Crippen LogP contribution >= 0.6 is 11.3 Å². The van der Waals surface area contributed by atoms with Gasteiger partial charge < -0.3 is 5.32 Å². The Morgan fingerprint density at radius 3 is 2.65 bits per heavy atom. The number of aromatic nitrogens is 1. The normalized spacial score (nSPS) is 10.6. The van der Waals surface area contributed by atoms with E-state index in [9.17, 15) is 4.39 Å². The smallest absolute Gasteiger partial charge is 0.187 e. The first-order chi connectivity index (χ1) is 8.34. The summed E-state index contributed by atoms with van der Waals surface area (Å²) in [6.07, 6.45) is 1.73. The molecule has 0 aliphatic heterocycles. The van der Waals surface area contributed by atoms with E-state index in [1.807, 2.05) is 23.6 Å². The molecule has 0 amide bonds. The molecular formula is C13H9FN2S. The summed E-state index contributed by atoms with van der Waals surface area (Å²) in [6, 6.07) is 10.6. The van der Waals surface area contributed by atoms with Gasteiger partial charge in [-0.1, -0.05) is 24.3 Å². The topological polar surface area (TPSA) is 24.9 Å². The lowest BCUT2D eigenvalue weighted by molar-refractivity contribution is 0.640. The van der Waals surface area contributed by atoms with Gasteiger partial charge in [0.2, 0.25) is 0 Å². The van der Waals surface area contributed by atoms with Crippen LogP contribution in [0, 0.1) is 5.82 Å². The minimum atomic E-state index is -0.203. The quantitative estimate of drug-likeness (QED) is 0.731. The fraction of sp³-hybridized carbons (Fsp3) is 0. The second-order valence-corrected chi connectivity index (χ2v) is 4.50. The highest BCUT2D eigenvalue weighted by atomic mass is 32.1. The Morgan fingerprint density at radius 1 is 1.06 bits per heavy atom. The number of hydrogen-bond donors (Lipinski definition) is 1. The summed E-state index contributed by atoms with van der Waals surface area (Å²) in [5, 5.41) is 7.38. The standard InChI is InChI=1S/C13H9FN2S/c14-11-5-6-12(16-13-15-7-8-17-13)10-4-2-1-3-9(10)11/h1-8H,(H,15,16). The minimum absolute atomic E-state index is 0.203. The summed E-state index contributed by atoms with van der Waals surface area (Å²) in [5.74, 6) is -0.203. The first kappa shape index (κ1) is 10.2. The highest BCUT2D eigenvalue weighted by molar-refractivity contribution is 7.13. The number of nitrogens with one attached hydrogen (secondary N) is 1. The molecule has 3 rings (SSSR count). The van der Waals surface area contributed by atoms with Gasteiger partial charge in [-0.15, -0.1) is 11.3 Å². The largest absolute Gasteiger partial charge is 0.331 e. The first-order valence-electron chi connectivity index (χ1n) is 5.18. The number of fused-ring (bicyclic) bond motifs is 1. The summed E-state index contributed by atoms with van der Waals surface area (Å²) < 4.78 is 13.6. The fourth-order valence-electron chi connectivity index (χ4n) is 1.77. The van der Waals surface area contributed by atoms with Crippen LogP contribution in [-0.2, 0) is 0 Å². The molecule has 1 N–H and O–H groups in total. The SMILES string of the molecule is Fc1ccc(Nc2nccs2)c2ccccc12. The summed E-state index contributed by atoms with van der Waals surface area (Å²) in [4.78, 5) is 4.15. The summed E-state index contributed by atoms with van der Waals surface area (Å²) in [6.45, 7) is 0. The second kappa shape index (κ2) is 4.14. The number of anilines is 2. The van der Waals surface area contributed by atoms with E-state index in [0.29, 0.717) is 5.39 Å². The molecule has 0 aliphatic carbocycles. The lowest BCUT2D eigenvalue weighted by Gasteiger charge is -2.07. The molecule has 0 unspecified atom stereocenters. The van der Waals surface area contributed by atoms with Gasteiger partial charge in [0.05, 0.1) is 0 Å². The van der Waals surface area contributed by atoms with Crippen molar-refractivity contribution in [2.24, 2.45) is 0 Å². The van der Waals surface area contributed by atoms with Crippen molar-refractivity contribution in [2.45, 2.75) is 0 Å². The number of halogens is 1. The van der Waals surface area contributed by atoms with E-state index in [1.165, 1.54) is 17.4 Å². The van der Waals surface area contributed by atoms with Crippen LogP contribution in [0.2, 0.25) is 0 Å². The first-order valence-corrected chi connectivity index (χ1v) is 6.06. The van der Waals surface area contributed by atoms with Crippen molar-refractivity contribution >= 4 is 32.9 Å². The van der Waals surface area contributed by atoms with Crippen molar-refractivity contribution in [1.82, 2.24) is 4.98 Å². The van der Waals surface area contributed by atoms with Crippen LogP contribution in [0.15, 0.2) is 48.0 Å². The molecule has 0 saturated heterocycles. The minimum Gasteiger partial charge on any atom is -0.331 e. The van der Waals surface area contributed by atoms with Crippen LogP contribution in [0.4, 0.5) is 15.2 Å². The zero-order valence-electron chi connectivity index (χ0n) is 8.85. The van der Waals surface area contributed by atoms with Gasteiger partial charge in [0.1, 0.15) is 5.82 Å². The lowest BCUT2D eigenvalue weighted by Crippen LogP contribution is -1.91. The van der Waals surface area contributed by atoms with Gasteiger partial charge in [0, 0.05) is 28.0 Å². The summed E-state index contributed by atoms with van der Waals surface area (Å²) in [5.41, 5.74) is 0.872. The van der Waals surface area contributed by atoms with Gasteiger partial charge in [-0.2, -0.15) is 0 Å². The molecule has 0 fully saturated rings. The van der Waals surface area contributed by atoms with E-state index in [4.69, 9.17) is 0 Å². The van der Waals surface area contributed by atoms with E-state index in [2.05, 4.69) is 10.3 Å². The molecule has 17 heavy (non-hydrogen) atoms. The maximum atomic E-state index is 13.6. The maximum Gasteiger partial charge on any atom is 0.187 e. The molecule has 0 saturated carbocycles. The van der Waals surface area contributed by atoms with Crippen LogP contribution in [0.1, 0.15) is 0 Å². The Morgan fingerprint density at radius 2 is 1.88 bits per heavy atom. The third kappa shape index (κ3) is 1.87. The Labute approximate surface area is 102 Å². The van der Waals surface area contributed by atoms with Crippen molar-refractivity contribution in [1.29, 1.82) is 0 Å².